The number of rotatable bonds is 4. The highest BCUT2D eigenvalue weighted by Gasteiger charge is 2.13. The van der Waals surface area contributed by atoms with Crippen molar-refractivity contribution in [2.24, 2.45) is 5.73 Å². The monoisotopic (exact) mass is 387 g/mol. The summed E-state index contributed by atoms with van der Waals surface area (Å²) >= 11 is 8.72. The number of halogens is 2. The second-order valence-corrected chi connectivity index (χ2v) is 8.01. The molecule has 0 aliphatic rings. The molecule has 1 atom stereocenters. The predicted octanol–water partition coefficient (Wildman–Crippen LogP) is 5.08. The van der Waals surface area contributed by atoms with Crippen LogP contribution < -0.4 is 5.73 Å². The van der Waals surface area contributed by atoms with Gasteiger partial charge in [0.15, 0.2) is 0 Å². The maximum Gasteiger partial charge on any atom is 0.0758 e. The zero-order chi connectivity index (χ0) is 13.1. The van der Waals surface area contributed by atoms with Crippen LogP contribution in [-0.4, -0.2) is 0 Å². The van der Waals surface area contributed by atoms with Gasteiger partial charge in [0, 0.05) is 6.04 Å². The van der Waals surface area contributed by atoms with Crippen molar-refractivity contribution in [3.05, 3.63) is 54.6 Å². The van der Waals surface area contributed by atoms with E-state index < -0.39 is 0 Å². The average Bonchev–Trinajstić information content (AvgIpc) is 2.69. The molecule has 1 aromatic heterocycles. The fraction of sp³-hybridized carbons (Fsp3) is 0.286. The third-order valence-corrected chi connectivity index (χ3v) is 5.36. The summed E-state index contributed by atoms with van der Waals surface area (Å²) in [5.41, 5.74) is 10.1. The number of nitrogens with two attached hydrogens (primary N) is 1. The van der Waals surface area contributed by atoms with Crippen LogP contribution in [0.4, 0.5) is 0 Å². The molecule has 1 aromatic carbocycles. The molecule has 0 aliphatic heterocycles. The standard InChI is InChI=1S/C14H15Br2NS/c1-2-9-3-5-10(6-4-9)7-12(17)11-8-13(15)18-14(11)16/h3-6,8,12H,2,7,17H2,1H3. The van der Waals surface area contributed by atoms with Gasteiger partial charge in [-0.25, -0.2) is 0 Å². The van der Waals surface area contributed by atoms with Crippen LogP contribution in [0.5, 0.6) is 0 Å². The Morgan fingerprint density at radius 1 is 1.17 bits per heavy atom. The lowest BCUT2D eigenvalue weighted by atomic mass is 10.0. The van der Waals surface area contributed by atoms with Crippen molar-refractivity contribution in [3.63, 3.8) is 0 Å². The van der Waals surface area contributed by atoms with Crippen LogP contribution in [0.2, 0.25) is 0 Å². The molecule has 1 unspecified atom stereocenters. The Hall–Kier alpha value is -0.160. The van der Waals surface area contributed by atoms with Gasteiger partial charge in [-0.05, 0) is 67.5 Å². The van der Waals surface area contributed by atoms with Crippen LogP contribution >= 0.6 is 43.2 Å². The Bertz CT molecular complexity index is 519. The van der Waals surface area contributed by atoms with Crippen molar-refractivity contribution >= 4 is 43.2 Å². The van der Waals surface area contributed by atoms with E-state index in [0.717, 1.165) is 20.4 Å². The zero-order valence-corrected chi connectivity index (χ0v) is 14.1. The lowest BCUT2D eigenvalue weighted by Gasteiger charge is -2.11. The molecule has 4 heteroatoms. The summed E-state index contributed by atoms with van der Waals surface area (Å²) in [5, 5.41) is 0. The normalized spacial score (nSPS) is 12.7. The Morgan fingerprint density at radius 2 is 1.78 bits per heavy atom. The molecule has 18 heavy (non-hydrogen) atoms. The molecule has 0 saturated heterocycles. The zero-order valence-electron chi connectivity index (χ0n) is 10.1. The number of thiophene rings is 1. The number of benzene rings is 1. The molecule has 0 fully saturated rings. The SMILES string of the molecule is CCc1ccc(CC(N)c2cc(Br)sc2Br)cc1. The summed E-state index contributed by atoms with van der Waals surface area (Å²) in [5.74, 6) is 0. The first kappa shape index (κ1) is 14.3. The molecular weight excluding hydrogens is 374 g/mol. The Morgan fingerprint density at radius 3 is 2.28 bits per heavy atom. The van der Waals surface area contributed by atoms with Gasteiger partial charge in [-0.3, -0.25) is 0 Å². The molecule has 0 spiro atoms. The molecule has 2 rings (SSSR count). The van der Waals surface area contributed by atoms with Crippen molar-refractivity contribution in [2.45, 2.75) is 25.8 Å². The van der Waals surface area contributed by atoms with Gasteiger partial charge in [0.05, 0.1) is 7.57 Å². The van der Waals surface area contributed by atoms with E-state index in [2.05, 4.69) is 69.1 Å². The third kappa shape index (κ3) is 3.44. The quantitative estimate of drug-likeness (QED) is 0.776. The highest BCUT2D eigenvalue weighted by molar-refractivity contribution is 9.12. The van der Waals surface area contributed by atoms with Gasteiger partial charge in [-0.1, -0.05) is 31.2 Å². The minimum absolute atomic E-state index is 0.0365. The van der Waals surface area contributed by atoms with Crippen molar-refractivity contribution in [2.75, 3.05) is 0 Å². The first-order valence-corrected chi connectivity index (χ1v) is 8.28. The summed E-state index contributed by atoms with van der Waals surface area (Å²) in [6.45, 7) is 2.17. The van der Waals surface area contributed by atoms with Crippen molar-refractivity contribution in [1.29, 1.82) is 0 Å². The molecule has 96 valence electrons. The Kier molecular flexibility index (Phi) is 5.01. The summed E-state index contributed by atoms with van der Waals surface area (Å²) < 4.78 is 2.23. The van der Waals surface area contributed by atoms with E-state index >= 15 is 0 Å². The molecule has 0 saturated carbocycles. The van der Waals surface area contributed by atoms with E-state index in [4.69, 9.17) is 5.73 Å². The Labute approximate surface area is 129 Å². The van der Waals surface area contributed by atoms with Gasteiger partial charge in [-0.2, -0.15) is 0 Å². The van der Waals surface area contributed by atoms with Crippen LogP contribution in [-0.2, 0) is 12.8 Å². The fourth-order valence-corrected chi connectivity index (χ4v) is 4.88. The van der Waals surface area contributed by atoms with E-state index in [1.807, 2.05) is 0 Å². The second kappa shape index (κ2) is 6.33. The molecule has 1 nitrogen and oxygen atoms in total. The van der Waals surface area contributed by atoms with Crippen LogP contribution in [0.3, 0.4) is 0 Å². The van der Waals surface area contributed by atoms with Crippen molar-refractivity contribution in [1.82, 2.24) is 0 Å². The molecule has 0 amide bonds. The fourth-order valence-electron chi connectivity index (χ4n) is 1.88. The maximum absolute atomic E-state index is 6.27. The summed E-state index contributed by atoms with van der Waals surface area (Å²) in [6, 6.07) is 10.8. The van der Waals surface area contributed by atoms with Gasteiger partial charge in [0.25, 0.3) is 0 Å². The highest BCUT2D eigenvalue weighted by atomic mass is 79.9. The number of hydrogen-bond donors (Lipinski definition) is 1. The predicted molar refractivity (Wildman–Crippen MR) is 86.2 cm³/mol. The van der Waals surface area contributed by atoms with E-state index in [-0.39, 0.29) is 6.04 Å². The average molecular weight is 389 g/mol. The molecular formula is C14H15Br2NS. The Balaban J connectivity index is 2.10. The van der Waals surface area contributed by atoms with Crippen molar-refractivity contribution in [3.8, 4) is 0 Å². The summed E-state index contributed by atoms with van der Waals surface area (Å²) in [6.07, 6.45) is 1.95. The molecule has 0 radical (unpaired) electrons. The maximum atomic E-state index is 6.27. The van der Waals surface area contributed by atoms with Gasteiger partial charge < -0.3 is 5.73 Å². The largest absolute Gasteiger partial charge is 0.324 e. The van der Waals surface area contributed by atoms with E-state index in [9.17, 15) is 0 Å². The first-order valence-electron chi connectivity index (χ1n) is 5.88. The lowest BCUT2D eigenvalue weighted by Crippen LogP contribution is -2.12. The van der Waals surface area contributed by atoms with Gasteiger partial charge in [0.2, 0.25) is 0 Å². The van der Waals surface area contributed by atoms with Gasteiger partial charge in [0.1, 0.15) is 0 Å². The highest BCUT2D eigenvalue weighted by Crippen LogP contribution is 2.35. The number of aryl methyl sites for hydroxylation is 1. The lowest BCUT2D eigenvalue weighted by molar-refractivity contribution is 0.721. The molecule has 0 bridgehead atoms. The summed E-state index contributed by atoms with van der Waals surface area (Å²) in [4.78, 5) is 0. The minimum Gasteiger partial charge on any atom is -0.324 e. The number of hydrogen-bond acceptors (Lipinski definition) is 2. The van der Waals surface area contributed by atoms with Crippen LogP contribution in [0, 0.1) is 0 Å². The second-order valence-electron chi connectivity index (χ2n) is 4.26. The van der Waals surface area contributed by atoms with Gasteiger partial charge >= 0.3 is 0 Å². The minimum atomic E-state index is 0.0365. The van der Waals surface area contributed by atoms with Crippen LogP contribution in [0.25, 0.3) is 0 Å². The molecule has 0 aliphatic carbocycles. The summed E-state index contributed by atoms with van der Waals surface area (Å²) in [7, 11) is 0. The smallest absolute Gasteiger partial charge is 0.0758 e. The van der Waals surface area contributed by atoms with Gasteiger partial charge in [-0.15, -0.1) is 11.3 Å². The first-order chi connectivity index (χ1) is 8.60. The van der Waals surface area contributed by atoms with E-state index in [1.165, 1.54) is 16.7 Å². The van der Waals surface area contributed by atoms with E-state index in [1.54, 1.807) is 11.3 Å². The van der Waals surface area contributed by atoms with Crippen molar-refractivity contribution < 1.29 is 0 Å². The van der Waals surface area contributed by atoms with Crippen LogP contribution in [0.1, 0.15) is 29.7 Å². The molecule has 2 N–H and O–H groups in total. The molecule has 1 heterocycles. The van der Waals surface area contributed by atoms with E-state index in [0.29, 0.717) is 0 Å². The van der Waals surface area contributed by atoms with Crippen LogP contribution in [0.15, 0.2) is 37.9 Å². The topological polar surface area (TPSA) is 26.0 Å². The third-order valence-electron chi connectivity index (χ3n) is 2.97. The molecule has 2 aromatic rings.